The molecule has 0 fully saturated rings. The van der Waals surface area contributed by atoms with Crippen LogP contribution in [0.4, 0.5) is 24.7 Å². The Labute approximate surface area is 144 Å². The van der Waals surface area contributed by atoms with Crippen molar-refractivity contribution in [3.8, 4) is 5.75 Å². The number of H-pyrrole nitrogens is 2. The summed E-state index contributed by atoms with van der Waals surface area (Å²) in [5, 5.41) is 11.8. The highest BCUT2D eigenvalue weighted by molar-refractivity contribution is 5.70. The molecule has 1 aromatic carbocycles. The van der Waals surface area contributed by atoms with Gasteiger partial charge in [-0.2, -0.15) is 13.2 Å². The van der Waals surface area contributed by atoms with Gasteiger partial charge < -0.3 is 20.1 Å². The Bertz CT molecular complexity index is 891. The van der Waals surface area contributed by atoms with Gasteiger partial charge in [0.1, 0.15) is 17.3 Å². The van der Waals surface area contributed by atoms with Gasteiger partial charge in [-0.1, -0.05) is 0 Å². The Kier molecular flexibility index (Phi) is 4.64. The summed E-state index contributed by atoms with van der Waals surface area (Å²) in [5.74, 6) is 0.320. The van der Waals surface area contributed by atoms with E-state index < -0.39 is 29.3 Å². The zero-order valence-corrected chi connectivity index (χ0v) is 13.3. The maximum Gasteiger partial charge on any atom is 0.416 e. The van der Waals surface area contributed by atoms with E-state index in [1.807, 2.05) is 0 Å². The number of benzene rings is 1. The van der Waals surface area contributed by atoms with Crippen LogP contribution in [0.5, 0.6) is 5.75 Å². The summed E-state index contributed by atoms with van der Waals surface area (Å²) < 4.78 is 43.5. The van der Waals surface area contributed by atoms with E-state index in [0.717, 1.165) is 24.3 Å². The Morgan fingerprint density at radius 3 is 2.46 bits per heavy atom. The number of aliphatic hydroxyl groups excluding tert-OH is 1. The predicted octanol–water partition coefficient (Wildman–Crippen LogP) is 1.06. The van der Waals surface area contributed by atoms with Crippen LogP contribution in [-0.4, -0.2) is 34.6 Å². The van der Waals surface area contributed by atoms with Gasteiger partial charge in [0.05, 0.1) is 5.56 Å². The number of hydrogen-bond donors (Lipinski definition) is 4. The number of hydrogen-bond acceptors (Lipinski definition) is 6. The molecule has 26 heavy (non-hydrogen) atoms. The van der Waals surface area contributed by atoms with Crippen molar-refractivity contribution >= 4 is 11.5 Å². The van der Waals surface area contributed by atoms with Gasteiger partial charge in [0.2, 0.25) is 0 Å². The molecule has 11 heteroatoms. The molecule has 0 radical (unpaired) electrons. The molecule has 1 aliphatic heterocycles. The van der Waals surface area contributed by atoms with E-state index >= 15 is 0 Å². The number of ether oxygens (including phenoxy) is 1. The first-order valence-corrected chi connectivity index (χ1v) is 7.64. The zero-order chi connectivity index (χ0) is 18.9. The van der Waals surface area contributed by atoms with Gasteiger partial charge in [0.25, 0.3) is 11.9 Å². The highest BCUT2D eigenvalue weighted by atomic mass is 19.4. The van der Waals surface area contributed by atoms with E-state index in [-0.39, 0.29) is 30.4 Å². The number of nitrogens with zero attached hydrogens (tertiary/aromatic N) is 1. The fourth-order valence-corrected chi connectivity index (χ4v) is 2.56. The molecule has 0 amide bonds. The first-order valence-electron chi connectivity index (χ1n) is 7.64. The monoisotopic (exact) mass is 372 g/mol. The first-order chi connectivity index (χ1) is 12.3. The number of rotatable bonds is 5. The summed E-state index contributed by atoms with van der Waals surface area (Å²) in [5.41, 5.74) is -2.11. The minimum Gasteiger partial charge on any atom is -0.452 e. The van der Waals surface area contributed by atoms with Crippen molar-refractivity contribution in [2.45, 2.75) is 18.9 Å². The van der Waals surface area contributed by atoms with Gasteiger partial charge in [0.15, 0.2) is 0 Å². The van der Waals surface area contributed by atoms with Gasteiger partial charge >= 0.3 is 11.9 Å². The molecule has 0 spiro atoms. The minimum atomic E-state index is -4.46. The largest absolute Gasteiger partial charge is 0.452 e. The predicted molar refractivity (Wildman–Crippen MR) is 86.2 cm³/mol. The van der Waals surface area contributed by atoms with Crippen LogP contribution in [0.15, 0.2) is 33.9 Å². The molecule has 2 heterocycles. The molecular weight excluding hydrogens is 357 g/mol. The van der Waals surface area contributed by atoms with Gasteiger partial charge in [-0.3, -0.25) is 14.8 Å². The summed E-state index contributed by atoms with van der Waals surface area (Å²) in [7, 11) is 0. The van der Waals surface area contributed by atoms with Crippen molar-refractivity contribution in [1.29, 1.82) is 0 Å². The third kappa shape index (κ3) is 3.52. The zero-order valence-electron chi connectivity index (χ0n) is 13.3. The number of aliphatic hydroxyl groups is 1. The van der Waals surface area contributed by atoms with Crippen LogP contribution in [0.2, 0.25) is 0 Å². The van der Waals surface area contributed by atoms with E-state index in [9.17, 15) is 22.8 Å². The standard InChI is InChI=1S/C15H15F3N4O4/c16-15(17,18)8-2-4-9(5-3-8)26-14-19-10-11(22(14)6-1-7-23)20-13(25)21-12(10)24/h2-5,14,19,23H,1,6-7H2,(H2,20,21,24,25). The molecule has 0 aliphatic carbocycles. The molecule has 0 saturated heterocycles. The van der Waals surface area contributed by atoms with Crippen molar-refractivity contribution in [2.24, 2.45) is 0 Å². The Hall–Kier alpha value is -2.95. The molecule has 1 aromatic heterocycles. The molecule has 1 unspecified atom stereocenters. The molecule has 0 saturated carbocycles. The van der Waals surface area contributed by atoms with E-state index in [1.165, 1.54) is 4.90 Å². The van der Waals surface area contributed by atoms with Gasteiger partial charge in [-0.25, -0.2) is 4.79 Å². The van der Waals surface area contributed by atoms with E-state index in [4.69, 9.17) is 9.84 Å². The molecule has 1 aliphatic rings. The maximum absolute atomic E-state index is 12.6. The van der Waals surface area contributed by atoms with Crippen molar-refractivity contribution in [1.82, 2.24) is 9.97 Å². The van der Waals surface area contributed by atoms with Crippen molar-refractivity contribution in [3.63, 3.8) is 0 Å². The lowest BCUT2D eigenvalue weighted by Gasteiger charge is -2.26. The van der Waals surface area contributed by atoms with E-state index in [1.54, 1.807) is 0 Å². The Morgan fingerprint density at radius 2 is 1.85 bits per heavy atom. The number of nitrogens with one attached hydrogen (secondary N) is 3. The highest BCUT2D eigenvalue weighted by Gasteiger charge is 2.34. The van der Waals surface area contributed by atoms with Gasteiger partial charge in [-0.05, 0) is 30.7 Å². The lowest BCUT2D eigenvalue weighted by atomic mass is 10.2. The molecular formula is C15H15F3N4O4. The maximum atomic E-state index is 12.6. The van der Waals surface area contributed by atoms with E-state index in [2.05, 4.69) is 15.3 Å². The number of aromatic nitrogens is 2. The van der Waals surface area contributed by atoms with Crippen LogP contribution in [0.3, 0.4) is 0 Å². The SMILES string of the molecule is O=c1[nH]c2c(c(=O)[nH]1)NC(Oc1ccc(C(F)(F)F)cc1)N2CCCO. The Balaban J connectivity index is 1.86. The van der Waals surface area contributed by atoms with Crippen LogP contribution in [0, 0.1) is 0 Å². The topological polar surface area (TPSA) is 110 Å². The average Bonchev–Trinajstić information content (AvgIpc) is 2.90. The van der Waals surface area contributed by atoms with Crippen LogP contribution in [0.1, 0.15) is 12.0 Å². The summed E-state index contributed by atoms with van der Waals surface area (Å²) in [4.78, 5) is 29.5. The average molecular weight is 372 g/mol. The second-order valence-corrected chi connectivity index (χ2v) is 5.54. The summed E-state index contributed by atoms with van der Waals surface area (Å²) >= 11 is 0. The van der Waals surface area contributed by atoms with Crippen molar-refractivity contribution < 1.29 is 23.0 Å². The molecule has 8 nitrogen and oxygen atoms in total. The van der Waals surface area contributed by atoms with Gasteiger partial charge in [0, 0.05) is 13.2 Å². The number of halogens is 3. The normalized spacial score (nSPS) is 16.3. The number of fused-ring (bicyclic) bond motifs is 1. The summed E-state index contributed by atoms with van der Waals surface area (Å²) in [6, 6.07) is 4.07. The second kappa shape index (κ2) is 6.75. The lowest BCUT2D eigenvalue weighted by Crippen LogP contribution is -2.41. The van der Waals surface area contributed by atoms with Crippen molar-refractivity contribution in [3.05, 3.63) is 50.7 Å². The van der Waals surface area contributed by atoms with Crippen LogP contribution in [-0.2, 0) is 6.18 Å². The molecule has 1 atom stereocenters. The van der Waals surface area contributed by atoms with Crippen LogP contribution < -0.4 is 26.2 Å². The quantitative estimate of drug-likeness (QED) is 0.625. The molecule has 0 bridgehead atoms. The Morgan fingerprint density at radius 1 is 1.15 bits per heavy atom. The second-order valence-electron chi connectivity index (χ2n) is 5.54. The fraction of sp³-hybridized carbons (Fsp3) is 0.333. The molecule has 2 aromatic rings. The minimum absolute atomic E-state index is 0.0689. The third-order valence-corrected chi connectivity index (χ3v) is 3.75. The number of aromatic amines is 2. The van der Waals surface area contributed by atoms with Crippen LogP contribution in [0.25, 0.3) is 0 Å². The number of alkyl halides is 3. The number of anilines is 2. The summed E-state index contributed by atoms with van der Waals surface area (Å²) in [6.07, 6.45) is -5.07. The van der Waals surface area contributed by atoms with E-state index in [0.29, 0.717) is 6.42 Å². The lowest BCUT2D eigenvalue weighted by molar-refractivity contribution is -0.137. The smallest absolute Gasteiger partial charge is 0.416 e. The highest BCUT2D eigenvalue weighted by Crippen LogP contribution is 2.32. The first kappa shape index (κ1) is 17.9. The molecule has 3 rings (SSSR count). The third-order valence-electron chi connectivity index (χ3n) is 3.75. The fourth-order valence-electron chi connectivity index (χ4n) is 2.56. The summed E-state index contributed by atoms with van der Waals surface area (Å²) in [6.45, 7) is 0.105. The molecule has 140 valence electrons. The molecule has 4 N–H and O–H groups in total. The van der Waals surface area contributed by atoms with Crippen molar-refractivity contribution in [2.75, 3.05) is 23.4 Å². The van der Waals surface area contributed by atoms with Gasteiger partial charge in [-0.15, -0.1) is 0 Å². The van der Waals surface area contributed by atoms with Crippen LogP contribution >= 0.6 is 0 Å².